The SMILES string of the molecule is CCOc1ccc2c(c1)c(C#N)c(-c1ccc(C)cc1)n2C1CCC1. The van der Waals surface area contributed by atoms with Gasteiger partial charge >= 0.3 is 0 Å². The van der Waals surface area contributed by atoms with Crippen LogP contribution in [0.2, 0.25) is 0 Å². The Hall–Kier alpha value is -2.73. The van der Waals surface area contributed by atoms with Gasteiger partial charge in [0.05, 0.1) is 23.4 Å². The first-order chi connectivity index (χ1) is 12.2. The zero-order valence-electron chi connectivity index (χ0n) is 14.7. The second kappa shape index (κ2) is 6.29. The Bertz CT molecular complexity index is 956. The highest BCUT2D eigenvalue weighted by molar-refractivity contribution is 5.95. The van der Waals surface area contributed by atoms with E-state index in [-0.39, 0.29) is 0 Å². The number of hydrogen-bond donors (Lipinski definition) is 0. The summed E-state index contributed by atoms with van der Waals surface area (Å²) in [6.45, 7) is 4.69. The minimum absolute atomic E-state index is 0.485. The Kier molecular flexibility index (Phi) is 3.97. The number of aryl methyl sites for hydroxylation is 1. The Morgan fingerprint density at radius 3 is 2.52 bits per heavy atom. The van der Waals surface area contributed by atoms with Crippen molar-refractivity contribution in [1.29, 1.82) is 5.26 Å². The third kappa shape index (κ3) is 2.59. The van der Waals surface area contributed by atoms with Gasteiger partial charge in [-0.25, -0.2) is 0 Å². The van der Waals surface area contributed by atoms with Crippen LogP contribution in [-0.2, 0) is 0 Å². The van der Waals surface area contributed by atoms with E-state index >= 15 is 0 Å². The van der Waals surface area contributed by atoms with Gasteiger partial charge in [-0.05, 0) is 56.9 Å². The number of nitrogens with zero attached hydrogens (tertiary/aromatic N) is 2. The number of aromatic nitrogens is 1. The summed E-state index contributed by atoms with van der Waals surface area (Å²) in [6.07, 6.45) is 3.62. The zero-order chi connectivity index (χ0) is 17.4. The van der Waals surface area contributed by atoms with E-state index < -0.39 is 0 Å². The van der Waals surface area contributed by atoms with Gasteiger partial charge in [-0.1, -0.05) is 29.8 Å². The maximum absolute atomic E-state index is 9.93. The molecular weight excluding hydrogens is 308 g/mol. The van der Waals surface area contributed by atoms with Crippen molar-refractivity contribution in [1.82, 2.24) is 4.57 Å². The molecular formula is C22H22N2O. The molecule has 2 aromatic carbocycles. The first kappa shape index (κ1) is 15.8. The normalized spacial score (nSPS) is 14.3. The summed E-state index contributed by atoms with van der Waals surface area (Å²) < 4.78 is 8.05. The fraction of sp³-hybridized carbons (Fsp3) is 0.318. The molecule has 1 aliphatic carbocycles. The third-order valence-electron chi connectivity index (χ3n) is 5.16. The number of ether oxygens (including phenoxy) is 1. The second-order valence-corrected chi connectivity index (χ2v) is 6.77. The van der Waals surface area contributed by atoms with E-state index in [0.29, 0.717) is 12.6 Å². The molecule has 0 bridgehead atoms. The molecule has 1 saturated carbocycles. The Morgan fingerprint density at radius 2 is 1.92 bits per heavy atom. The molecule has 4 rings (SSSR count). The van der Waals surface area contributed by atoms with E-state index in [0.717, 1.165) is 33.5 Å². The van der Waals surface area contributed by atoms with Crippen LogP contribution in [0.25, 0.3) is 22.2 Å². The van der Waals surface area contributed by atoms with Gasteiger partial charge in [-0.3, -0.25) is 0 Å². The number of rotatable bonds is 4. The quantitative estimate of drug-likeness (QED) is 0.623. The maximum Gasteiger partial charge on any atom is 0.120 e. The smallest absolute Gasteiger partial charge is 0.120 e. The van der Waals surface area contributed by atoms with E-state index in [4.69, 9.17) is 4.74 Å². The van der Waals surface area contributed by atoms with Crippen LogP contribution in [0, 0.1) is 18.3 Å². The van der Waals surface area contributed by atoms with E-state index in [1.807, 2.05) is 19.1 Å². The van der Waals surface area contributed by atoms with Crippen LogP contribution in [0.1, 0.15) is 43.4 Å². The van der Waals surface area contributed by atoms with Gasteiger partial charge in [0, 0.05) is 11.4 Å². The van der Waals surface area contributed by atoms with Crippen LogP contribution in [0.5, 0.6) is 5.75 Å². The van der Waals surface area contributed by atoms with Crippen LogP contribution in [0.4, 0.5) is 0 Å². The fourth-order valence-corrected chi connectivity index (χ4v) is 3.68. The van der Waals surface area contributed by atoms with Crippen molar-refractivity contribution in [2.45, 2.75) is 39.2 Å². The van der Waals surface area contributed by atoms with Crippen LogP contribution in [-0.4, -0.2) is 11.2 Å². The highest BCUT2D eigenvalue weighted by Crippen LogP contribution is 2.43. The number of nitriles is 1. The van der Waals surface area contributed by atoms with E-state index in [2.05, 4.69) is 47.9 Å². The van der Waals surface area contributed by atoms with Crippen LogP contribution in [0.3, 0.4) is 0 Å². The summed E-state index contributed by atoms with van der Waals surface area (Å²) in [5, 5.41) is 10.9. The summed E-state index contributed by atoms with van der Waals surface area (Å²) in [4.78, 5) is 0. The van der Waals surface area contributed by atoms with E-state index in [1.165, 1.54) is 24.8 Å². The molecule has 0 spiro atoms. The highest BCUT2D eigenvalue weighted by atomic mass is 16.5. The Balaban J connectivity index is 2.01. The minimum atomic E-state index is 0.485. The molecule has 0 N–H and O–H groups in total. The first-order valence-corrected chi connectivity index (χ1v) is 9.00. The highest BCUT2D eigenvalue weighted by Gasteiger charge is 2.27. The topological polar surface area (TPSA) is 37.9 Å². The largest absolute Gasteiger partial charge is 0.494 e. The predicted octanol–water partition coefficient (Wildman–Crippen LogP) is 5.61. The number of benzene rings is 2. The molecule has 3 heteroatoms. The average molecular weight is 330 g/mol. The molecule has 3 nitrogen and oxygen atoms in total. The van der Waals surface area contributed by atoms with Crippen molar-refractivity contribution in [3.8, 4) is 23.1 Å². The van der Waals surface area contributed by atoms with Crippen molar-refractivity contribution in [3.63, 3.8) is 0 Å². The molecule has 0 atom stereocenters. The van der Waals surface area contributed by atoms with Crippen LogP contribution in [0.15, 0.2) is 42.5 Å². The maximum atomic E-state index is 9.93. The van der Waals surface area contributed by atoms with Gasteiger partial charge in [-0.15, -0.1) is 0 Å². The van der Waals surface area contributed by atoms with Gasteiger partial charge < -0.3 is 9.30 Å². The van der Waals surface area contributed by atoms with Gasteiger partial charge in [-0.2, -0.15) is 5.26 Å². The molecule has 0 saturated heterocycles. The molecule has 0 aliphatic heterocycles. The summed E-state index contributed by atoms with van der Waals surface area (Å²) >= 11 is 0. The molecule has 3 aromatic rings. The van der Waals surface area contributed by atoms with Gasteiger partial charge in [0.2, 0.25) is 0 Å². The molecule has 1 fully saturated rings. The van der Waals surface area contributed by atoms with Crippen LogP contribution >= 0.6 is 0 Å². The lowest BCUT2D eigenvalue weighted by atomic mass is 9.92. The fourth-order valence-electron chi connectivity index (χ4n) is 3.68. The summed E-state index contributed by atoms with van der Waals surface area (Å²) in [5.74, 6) is 0.827. The molecule has 25 heavy (non-hydrogen) atoms. The second-order valence-electron chi connectivity index (χ2n) is 6.77. The number of hydrogen-bond acceptors (Lipinski definition) is 2. The zero-order valence-corrected chi connectivity index (χ0v) is 14.7. The van der Waals surface area contributed by atoms with Crippen molar-refractivity contribution in [3.05, 3.63) is 53.6 Å². The van der Waals surface area contributed by atoms with Crippen LogP contribution < -0.4 is 4.74 Å². The average Bonchev–Trinajstić information content (AvgIpc) is 2.88. The lowest BCUT2D eigenvalue weighted by Crippen LogP contribution is -2.17. The monoisotopic (exact) mass is 330 g/mol. The van der Waals surface area contributed by atoms with Gasteiger partial charge in [0.25, 0.3) is 0 Å². The molecule has 0 amide bonds. The molecule has 0 radical (unpaired) electrons. The molecule has 0 unspecified atom stereocenters. The van der Waals surface area contributed by atoms with Crippen molar-refractivity contribution >= 4 is 10.9 Å². The van der Waals surface area contributed by atoms with Crippen molar-refractivity contribution in [2.24, 2.45) is 0 Å². The molecule has 126 valence electrons. The predicted molar refractivity (Wildman–Crippen MR) is 101 cm³/mol. The van der Waals surface area contributed by atoms with Gasteiger partial charge in [0.1, 0.15) is 11.8 Å². The summed E-state index contributed by atoms with van der Waals surface area (Å²) in [7, 11) is 0. The summed E-state index contributed by atoms with van der Waals surface area (Å²) in [6, 6.07) is 17.6. The molecule has 1 aromatic heterocycles. The standard InChI is InChI=1S/C22H22N2O/c1-3-25-18-11-12-21-19(13-18)20(14-23)22(24(21)17-5-4-6-17)16-9-7-15(2)8-10-16/h7-13,17H,3-6H2,1-2H3. The minimum Gasteiger partial charge on any atom is -0.494 e. The Morgan fingerprint density at radius 1 is 1.16 bits per heavy atom. The van der Waals surface area contributed by atoms with E-state index in [9.17, 15) is 5.26 Å². The van der Waals surface area contributed by atoms with Crippen molar-refractivity contribution in [2.75, 3.05) is 6.61 Å². The lowest BCUT2D eigenvalue weighted by Gasteiger charge is -2.30. The third-order valence-corrected chi connectivity index (χ3v) is 5.16. The number of fused-ring (bicyclic) bond motifs is 1. The summed E-state index contributed by atoms with van der Waals surface area (Å²) in [5.41, 5.74) is 5.29. The van der Waals surface area contributed by atoms with Crippen molar-refractivity contribution < 1.29 is 4.74 Å². The lowest BCUT2D eigenvalue weighted by molar-refractivity contribution is 0.324. The first-order valence-electron chi connectivity index (χ1n) is 9.00. The van der Waals surface area contributed by atoms with Gasteiger partial charge in [0.15, 0.2) is 0 Å². The van der Waals surface area contributed by atoms with E-state index in [1.54, 1.807) is 0 Å². The molecule has 1 heterocycles. The molecule has 1 aliphatic rings. The Labute approximate surface area is 148 Å².